The molecule has 2 aliphatic rings. The van der Waals surface area contributed by atoms with Crippen molar-refractivity contribution in [3.05, 3.63) is 55.5 Å². The molecule has 0 aromatic heterocycles. The van der Waals surface area contributed by atoms with Crippen molar-refractivity contribution in [2.75, 3.05) is 0 Å². The maximum absolute atomic E-state index is 10.6. The topological polar surface area (TPSA) is 40.5 Å². The second kappa shape index (κ2) is 11.0. The zero-order chi connectivity index (χ0) is 22.1. The molecule has 0 saturated heterocycles. The fraction of sp³-hybridized carbons (Fsp3) is 0.455. The van der Waals surface area contributed by atoms with E-state index in [2.05, 4.69) is 0 Å². The van der Waals surface area contributed by atoms with Crippen LogP contribution in [0.5, 0.6) is 11.5 Å². The number of phenolic OH excluding ortho intramolecular Hbond substituents is 2. The minimum absolute atomic E-state index is 0.190. The quantitative estimate of drug-likeness (QED) is 0.312. The van der Waals surface area contributed by atoms with Crippen LogP contribution in [0, 0.1) is 0 Å². The first kappa shape index (κ1) is 24.9. The van der Waals surface area contributed by atoms with Crippen LogP contribution in [0.1, 0.15) is 49.7 Å². The fourth-order valence-electron chi connectivity index (χ4n) is 4.40. The van der Waals surface area contributed by atoms with Crippen molar-refractivity contribution < 1.29 is 29.1 Å². The molecule has 9 heteroatoms. The maximum atomic E-state index is 10.6. The number of rotatable bonds is 4. The van der Waals surface area contributed by atoms with Gasteiger partial charge in [-0.1, -0.05) is 0 Å². The van der Waals surface area contributed by atoms with Gasteiger partial charge in [-0.15, -0.1) is 0 Å². The van der Waals surface area contributed by atoms with Crippen molar-refractivity contribution in [1.82, 2.24) is 0 Å². The first-order chi connectivity index (χ1) is 14.8. The molecule has 168 valence electrons. The van der Waals surface area contributed by atoms with Crippen molar-refractivity contribution in [3.63, 3.8) is 0 Å². The molecule has 2 N–H and O–H groups in total. The summed E-state index contributed by atoms with van der Waals surface area (Å²) in [6.07, 6.45) is 7.79. The van der Waals surface area contributed by atoms with Crippen LogP contribution in [0.2, 0.25) is 20.1 Å². The summed E-state index contributed by atoms with van der Waals surface area (Å²) in [5.74, 6) is 2.16. The molecule has 2 aromatic rings. The van der Waals surface area contributed by atoms with Crippen molar-refractivity contribution in [2.45, 2.75) is 60.5 Å². The van der Waals surface area contributed by atoms with Gasteiger partial charge in [0.1, 0.15) is 0 Å². The van der Waals surface area contributed by atoms with Crippen molar-refractivity contribution in [2.24, 2.45) is 0 Å². The fourth-order valence-corrected chi connectivity index (χ4v) is 44.5. The SMILES string of the molecule is Oc1c(Cl)cc(Cl)cc1C[S]1=[Hf]=[S](Cc2cc(Cl)cc(Cl)c2O)[C@H]2CCCCCC[C@@H]21. The van der Waals surface area contributed by atoms with E-state index in [1.165, 1.54) is 38.5 Å². The Hall–Kier alpha value is 0.770. The van der Waals surface area contributed by atoms with Crippen LogP contribution in [-0.4, -0.2) is 20.7 Å². The van der Waals surface area contributed by atoms with Crippen molar-refractivity contribution in [1.29, 1.82) is 0 Å². The second-order valence-corrected chi connectivity index (χ2v) is 30.6. The Balaban J connectivity index is 1.72. The third-order valence-electron chi connectivity index (χ3n) is 5.92. The van der Waals surface area contributed by atoms with Gasteiger partial charge in [-0.3, -0.25) is 0 Å². The molecule has 0 amide bonds. The predicted molar refractivity (Wildman–Crippen MR) is 134 cm³/mol. The Kier molecular flexibility index (Phi) is 8.84. The minimum atomic E-state index is -1.06. The normalized spacial score (nSPS) is 25.8. The van der Waals surface area contributed by atoms with Gasteiger partial charge in [-0.25, -0.2) is 0 Å². The van der Waals surface area contributed by atoms with Gasteiger partial charge < -0.3 is 0 Å². The standard InChI is InChI=1S/C22H24Cl4O2S2.Hf/c23-15-7-13(21(27)17(25)9-15)11-29-19-5-3-1-2-4-6-20(19)30-12-14-8-16(24)10-18(26)22(14)28;/h7-10,19-20,27-28H,1-6,11-12H2;/t19-,20-;/m0./s1. The van der Waals surface area contributed by atoms with E-state index in [0.29, 0.717) is 34.5 Å². The second-order valence-electron chi connectivity index (χ2n) is 8.09. The summed E-state index contributed by atoms with van der Waals surface area (Å²) in [5.41, 5.74) is 1.79. The summed E-state index contributed by atoms with van der Waals surface area (Å²) in [7, 11) is 0.641. The Labute approximate surface area is 215 Å². The zero-order valence-electron chi connectivity index (χ0n) is 16.8. The molecule has 1 heterocycles. The van der Waals surface area contributed by atoms with E-state index in [1.807, 2.05) is 12.1 Å². The van der Waals surface area contributed by atoms with Crippen LogP contribution in [0.4, 0.5) is 0 Å². The molecule has 2 unspecified atom stereocenters. The molecular weight excluding hydrogens is 681 g/mol. The van der Waals surface area contributed by atoms with E-state index in [-0.39, 0.29) is 11.5 Å². The molecule has 31 heavy (non-hydrogen) atoms. The van der Waals surface area contributed by atoms with E-state index in [1.54, 1.807) is 12.1 Å². The van der Waals surface area contributed by atoms with Crippen molar-refractivity contribution in [3.8, 4) is 11.5 Å². The molecule has 1 fully saturated rings. The number of benzene rings is 2. The molecular formula is C22H24Cl4HfO2S2. The Morgan fingerprint density at radius 2 is 1.13 bits per heavy atom. The van der Waals surface area contributed by atoms with Gasteiger partial charge in [0, 0.05) is 0 Å². The van der Waals surface area contributed by atoms with E-state index in [0.717, 1.165) is 33.1 Å². The molecule has 2 nitrogen and oxygen atoms in total. The van der Waals surface area contributed by atoms with E-state index in [9.17, 15) is 10.2 Å². The van der Waals surface area contributed by atoms with Crippen LogP contribution < -0.4 is 0 Å². The van der Waals surface area contributed by atoms with Crippen LogP contribution in [0.15, 0.2) is 24.3 Å². The van der Waals surface area contributed by atoms with Crippen molar-refractivity contribution >= 4 is 60.8 Å². The average molecular weight is 705 g/mol. The third-order valence-corrected chi connectivity index (χ3v) is 36.1. The number of fused-ring (bicyclic) bond motifs is 1. The average Bonchev–Trinajstić information content (AvgIpc) is 2.98. The molecule has 4 rings (SSSR count). The summed E-state index contributed by atoms with van der Waals surface area (Å²) >= 11 is 23.8. The van der Waals surface area contributed by atoms with Gasteiger partial charge in [0.2, 0.25) is 0 Å². The molecule has 2 aromatic carbocycles. The first-order valence-corrected chi connectivity index (χ1v) is 23.6. The molecule has 1 aliphatic carbocycles. The van der Waals surface area contributed by atoms with E-state index >= 15 is 0 Å². The summed E-state index contributed by atoms with van der Waals surface area (Å²) in [6, 6.07) is 6.99. The number of phenols is 2. The zero-order valence-corrected chi connectivity index (χ0v) is 25.1. The van der Waals surface area contributed by atoms with Crippen LogP contribution >= 0.6 is 60.8 Å². The number of aromatic hydroxyl groups is 2. The van der Waals surface area contributed by atoms with E-state index in [4.69, 9.17) is 46.4 Å². The Bertz CT molecular complexity index is 1000. The van der Waals surface area contributed by atoms with Gasteiger partial charge in [-0.2, -0.15) is 0 Å². The number of hydrogen-bond donors (Lipinski definition) is 2. The molecule has 1 aliphatic heterocycles. The monoisotopic (exact) mass is 704 g/mol. The first-order valence-electron chi connectivity index (χ1n) is 10.3. The van der Waals surface area contributed by atoms with Gasteiger partial charge >= 0.3 is 217 Å². The summed E-state index contributed by atoms with van der Waals surface area (Å²) < 4.78 is 0. The Morgan fingerprint density at radius 3 is 1.55 bits per heavy atom. The molecule has 1 saturated carbocycles. The summed E-state index contributed by atoms with van der Waals surface area (Å²) in [6.45, 7) is 0. The third kappa shape index (κ3) is 5.89. The molecule has 0 bridgehead atoms. The molecule has 0 spiro atoms. The summed E-state index contributed by atoms with van der Waals surface area (Å²) in [5, 5.41) is 24.4. The molecule has 0 radical (unpaired) electrons. The van der Waals surface area contributed by atoms with Crippen LogP contribution in [0.25, 0.3) is 0 Å². The van der Waals surface area contributed by atoms with Crippen LogP contribution in [0.3, 0.4) is 0 Å². The van der Waals surface area contributed by atoms with E-state index < -0.39 is 18.9 Å². The van der Waals surface area contributed by atoms with Crippen LogP contribution in [-0.2, 0) is 30.4 Å². The Morgan fingerprint density at radius 1 is 0.710 bits per heavy atom. The number of halogens is 4. The predicted octanol–water partition coefficient (Wildman–Crippen LogP) is 8.97. The van der Waals surface area contributed by atoms with Gasteiger partial charge in [0.25, 0.3) is 0 Å². The molecule has 4 atom stereocenters. The van der Waals surface area contributed by atoms with Gasteiger partial charge in [0.15, 0.2) is 0 Å². The van der Waals surface area contributed by atoms with Gasteiger partial charge in [-0.05, 0) is 0 Å². The van der Waals surface area contributed by atoms with Gasteiger partial charge in [0.05, 0.1) is 0 Å². The summed E-state index contributed by atoms with van der Waals surface area (Å²) in [4.78, 5) is 0. The number of hydrogen-bond acceptors (Lipinski definition) is 2.